The van der Waals surface area contributed by atoms with Gasteiger partial charge in [-0.05, 0) is 25.1 Å². The van der Waals surface area contributed by atoms with E-state index in [-0.39, 0.29) is 22.7 Å². The average molecular weight is 181 g/mol. The zero-order valence-electron chi connectivity index (χ0n) is 6.94. The largest absolute Gasteiger partial charge is 0.507 e. The molecule has 4 heteroatoms. The molecule has 0 aromatic heterocycles. The maximum atomic E-state index is 10.9. The predicted octanol–water partition coefficient (Wildman–Crippen LogP) is 1.29. The molecule has 1 aromatic rings. The molecule has 13 heavy (non-hydrogen) atoms. The van der Waals surface area contributed by atoms with Gasteiger partial charge in [0.05, 0.1) is 0 Å². The molecule has 0 bridgehead atoms. The van der Waals surface area contributed by atoms with E-state index in [0.717, 1.165) is 6.07 Å². The van der Waals surface area contributed by atoms with Gasteiger partial charge in [0.2, 0.25) is 0 Å². The highest BCUT2D eigenvalue weighted by Gasteiger charge is 2.11. The normalized spacial score (nSPS) is 9.62. The van der Waals surface area contributed by atoms with Crippen LogP contribution in [0.3, 0.4) is 0 Å². The first-order valence-electron chi connectivity index (χ1n) is 3.59. The number of carboxylic acids is 1. The van der Waals surface area contributed by atoms with E-state index < -0.39 is 5.97 Å². The van der Waals surface area contributed by atoms with Crippen molar-refractivity contribution >= 4 is 11.8 Å². The number of ketones is 1. The number of aromatic carboxylic acids is 1. The Balaban J connectivity index is 3.27. The van der Waals surface area contributed by atoms with E-state index in [2.05, 4.69) is 0 Å². The van der Waals surface area contributed by atoms with Gasteiger partial charge in [0.25, 0.3) is 0 Å². The van der Waals surface area contributed by atoms with Crippen molar-refractivity contribution in [1.82, 2.24) is 0 Å². The van der Waals surface area contributed by atoms with Crippen LogP contribution in [0.4, 0.5) is 0 Å². The van der Waals surface area contributed by atoms with Crippen LogP contribution in [0.5, 0.6) is 5.75 Å². The first-order valence-corrected chi connectivity index (χ1v) is 3.59. The van der Waals surface area contributed by atoms with Gasteiger partial charge in [-0.1, -0.05) is 0 Å². The number of hydrogen-bond acceptors (Lipinski definition) is 3. The van der Waals surface area contributed by atoms with Crippen molar-refractivity contribution in [3.63, 3.8) is 0 Å². The van der Waals surface area contributed by atoms with Gasteiger partial charge in [-0.15, -0.1) is 0 Å². The van der Waals surface area contributed by atoms with Gasteiger partial charge in [0.15, 0.2) is 5.78 Å². The molecule has 4 nitrogen and oxygen atoms in total. The van der Waals surface area contributed by atoms with Crippen molar-refractivity contribution in [3.05, 3.63) is 29.3 Å². The summed E-state index contributed by atoms with van der Waals surface area (Å²) in [5.41, 5.74) is 0.0166. The van der Waals surface area contributed by atoms with Crippen molar-refractivity contribution in [1.29, 1.82) is 0 Å². The van der Waals surface area contributed by atoms with Gasteiger partial charge >= 0.3 is 5.97 Å². The summed E-state index contributed by atoms with van der Waals surface area (Å²) in [6, 6.07) is 3.73. The maximum Gasteiger partial charge on any atom is 0.339 e. The molecule has 0 aliphatic rings. The summed E-state index contributed by atoms with van der Waals surface area (Å²) in [5, 5.41) is 17.7. The highest BCUT2D eigenvalue weighted by Crippen LogP contribution is 2.18. The van der Waals surface area contributed by atoms with Crippen LogP contribution in [0.15, 0.2) is 18.2 Å². The van der Waals surface area contributed by atoms with E-state index in [1.54, 1.807) is 0 Å². The Bertz CT molecular complexity index is 368. The molecule has 0 unspecified atom stereocenters. The summed E-state index contributed by atoms with van der Waals surface area (Å²) in [5.74, 6) is -1.82. The van der Waals surface area contributed by atoms with Crippen LogP contribution < -0.4 is 0 Å². The van der Waals surface area contributed by atoms with Crippen LogP contribution >= 0.6 is 0 Å². The van der Waals surface area contributed by atoms with Crippen LogP contribution in [0.25, 0.3) is 0 Å². The molecule has 0 saturated heterocycles. The van der Waals surface area contributed by atoms with E-state index >= 15 is 0 Å². The minimum Gasteiger partial charge on any atom is -0.507 e. The fourth-order valence-electron chi connectivity index (χ4n) is 0.926. The summed E-state index contributed by atoms with van der Waals surface area (Å²) in [7, 11) is 0. The van der Waals surface area contributed by atoms with E-state index in [0.29, 0.717) is 0 Å². The lowest BCUT2D eigenvalue weighted by Gasteiger charge is -2.00. The summed E-state index contributed by atoms with van der Waals surface area (Å²) in [4.78, 5) is 21.4. The van der Waals surface area contributed by atoms with Crippen molar-refractivity contribution < 1.29 is 19.8 Å². The van der Waals surface area contributed by atoms with E-state index in [4.69, 9.17) is 10.2 Å². The molecular formula is C9H8O4. The Hall–Kier alpha value is -1.84. The van der Waals surface area contributed by atoms with E-state index in [9.17, 15) is 9.59 Å². The molecule has 0 saturated carbocycles. The highest BCUT2D eigenvalue weighted by atomic mass is 16.4. The standard InChI is InChI=1S/C9H8O4/c1-5(10)6-2-3-8(11)7(4-6)9(12)13/h2-4,11H,1H3,(H,12,13)/i5+1. The van der Waals surface area contributed by atoms with Crippen molar-refractivity contribution in [2.24, 2.45) is 0 Å². The molecule has 0 spiro atoms. The number of aromatic hydroxyl groups is 1. The summed E-state index contributed by atoms with van der Waals surface area (Å²) in [6.45, 7) is 1.33. The van der Waals surface area contributed by atoms with E-state index in [1.165, 1.54) is 19.1 Å². The van der Waals surface area contributed by atoms with Gasteiger partial charge in [-0.3, -0.25) is 4.79 Å². The third kappa shape index (κ3) is 1.84. The third-order valence-corrected chi connectivity index (χ3v) is 1.63. The highest BCUT2D eigenvalue weighted by molar-refractivity contribution is 5.98. The molecular weight excluding hydrogens is 173 g/mol. The SMILES string of the molecule is C[13C](=O)c1ccc(O)c(C(=O)O)c1. The molecule has 0 fully saturated rings. The van der Waals surface area contributed by atoms with Crippen molar-refractivity contribution in [2.45, 2.75) is 6.92 Å². The fraction of sp³-hybridized carbons (Fsp3) is 0.111. The number of benzene rings is 1. The molecule has 0 aliphatic carbocycles. The quantitative estimate of drug-likeness (QED) is 0.532. The van der Waals surface area contributed by atoms with Gasteiger partial charge in [0, 0.05) is 5.56 Å². The molecule has 68 valence electrons. The number of carbonyl (C=O) groups is 2. The van der Waals surface area contributed by atoms with Crippen molar-refractivity contribution in [3.8, 4) is 5.75 Å². The number of Topliss-reactive ketones (excluding diaryl/α,β-unsaturated/α-hetero) is 1. The predicted molar refractivity (Wildman–Crippen MR) is 45.1 cm³/mol. The van der Waals surface area contributed by atoms with Crippen LogP contribution in [-0.2, 0) is 0 Å². The molecule has 0 amide bonds. The van der Waals surface area contributed by atoms with Crippen LogP contribution in [0.1, 0.15) is 27.6 Å². The number of phenols is 1. The number of carbonyl (C=O) groups excluding carboxylic acids is 1. The van der Waals surface area contributed by atoms with Crippen LogP contribution in [0, 0.1) is 0 Å². The molecule has 0 atom stereocenters. The Labute approximate surface area is 74.4 Å². The smallest absolute Gasteiger partial charge is 0.339 e. The zero-order valence-corrected chi connectivity index (χ0v) is 6.94. The average Bonchev–Trinajstić information content (AvgIpc) is 2.04. The molecule has 1 rings (SSSR count). The molecule has 1 aromatic carbocycles. The lowest BCUT2D eigenvalue weighted by Crippen LogP contribution is -2.00. The Morgan fingerprint density at radius 2 is 1.92 bits per heavy atom. The molecule has 2 N–H and O–H groups in total. The first-order chi connectivity index (χ1) is 6.02. The Morgan fingerprint density at radius 3 is 2.38 bits per heavy atom. The molecule has 0 aliphatic heterocycles. The Kier molecular flexibility index (Phi) is 2.32. The second kappa shape index (κ2) is 3.26. The molecule has 0 radical (unpaired) electrons. The first kappa shape index (κ1) is 9.25. The van der Waals surface area contributed by atoms with Gasteiger partial charge in [-0.25, -0.2) is 4.79 Å². The fourth-order valence-corrected chi connectivity index (χ4v) is 0.926. The lowest BCUT2D eigenvalue weighted by molar-refractivity contribution is 0.0693. The number of hydrogen-bond donors (Lipinski definition) is 2. The zero-order chi connectivity index (χ0) is 10.0. The minimum atomic E-state index is -1.25. The van der Waals surface area contributed by atoms with Crippen LogP contribution in [0.2, 0.25) is 0 Å². The second-order valence-corrected chi connectivity index (χ2v) is 2.59. The van der Waals surface area contributed by atoms with Gasteiger partial charge < -0.3 is 10.2 Å². The number of carboxylic acid groups (broad SMARTS) is 1. The van der Waals surface area contributed by atoms with Gasteiger partial charge in [0.1, 0.15) is 11.3 Å². The van der Waals surface area contributed by atoms with Crippen LogP contribution in [-0.4, -0.2) is 22.0 Å². The topological polar surface area (TPSA) is 74.6 Å². The lowest BCUT2D eigenvalue weighted by atomic mass is 10.1. The minimum absolute atomic E-state index is 0.234. The van der Waals surface area contributed by atoms with Gasteiger partial charge in [-0.2, -0.15) is 0 Å². The summed E-state index contributed by atoms with van der Waals surface area (Å²) < 4.78 is 0. The maximum absolute atomic E-state index is 10.9. The van der Waals surface area contributed by atoms with E-state index in [1.807, 2.05) is 0 Å². The van der Waals surface area contributed by atoms with Crippen molar-refractivity contribution in [2.75, 3.05) is 0 Å². The monoisotopic (exact) mass is 181 g/mol. The summed E-state index contributed by atoms with van der Waals surface area (Å²) >= 11 is 0. The third-order valence-electron chi connectivity index (χ3n) is 1.63. The Morgan fingerprint density at radius 1 is 1.31 bits per heavy atom. The molecule has 0 heterocycles. The second-order valence-electron chi connectivity index (χ2n) is 2.59. The summed E-state index contributed by atoms with van der Waals surface area (Å²) in [6.07, 6.45) is 0. The number of rotatable bonds is 2.